The van der Waals surface area contributed by atoms with Crippen LogP contribution in [0.1, 0.15) is 10.4 Å². The summed E-state index contributed by atoms with van der Waals surface area (Å²) >= 11 is 4.15. The molecule has 0 unspecified atom stereocenters. The lowest BCUT2D eigenvalue weighted by molar-refractivity contribution is 0.0684. The van der Waals surface area contributed by atoms with Gasteiger partial charge in [-0.15, -0.1) is 12.6 Å². The van der Waals surface area contributed by atoms with Crippen LogP contribution in [0.25, 0.3) is 0 Å². The Morgan fingerprint density at radius 1 is 1.25 bits per heavy atom. The molecule has 88 valence electrons. The van der Waals surface area contributed by atoms with Crippen LogP contribution in [0.2, 0.25) is 0 Å². The van der Waals surface area contributed by atoms with Crippen LogP contribution >= 0.6 is 12.6 Å². The first-order valence-corrected chi connectivity index (χ1v) is 5.43. The van der Waals surface area contributed by atoms with E-state index in [0.29, 0.717) is 10.5 Å². The number of hydrogen-bond donors (Lipinski definition) is 3. The van der Waals surface area contributed by atoms with Crippen molar-refractivity contribution in [1.29, 1.82) is 0 Å². The van der Waals surface area contributed by atoms with Gasteiger partial charge < -0.3 is 15.1 Å². The van der Waals surface area contributed by atoms with Gasteiger partial charge in [-0.2, -0.15) is 0 Å². The summed E-state index contributed by atoms with van der Waals surface area (Å²) in [6, 6.07) is 6.87. The van der Waals surface area contributed by atoms with Gasteiger partial charge in [-0.05, 0) is 18.2 Å². The van der Waals surface area contributed by atoms with Crippen LogP contribution in [0.5, 0.6) is 0 Å². The summed E-state index contributed by atoms with van der Waals surface area (Å²) in [5.74, 6) is -0.209. The first-order valence-electron chi connectivity index (χ1n) is 4.99. The third-order valence-electron chi connectivity index (χ3n) is 2.12. The number of rotatable bonds is 5. The third-order valence-corrected chi connectivity index (χ3v) is 2.40. The lowest BCUT2D eigenvalue weighted by atomic mass is 10.2. The van der Waals surface area contributed by atoms with E-state index in [1.54, 1.807) is 24.3 Å². The number of hydrogen-bond acceptors (Lipinski definition) is 4. The third kappa shape index (κ3) is 3.52. The van der Waals surface area contributed by atoms with Crippen molar-refractivity contribution in [3.05, 3.63) is 29.8 Å². The highest BCUT2D eigenvalue weighted by molar-refractivity contribution is 7.80. The van der Waals surface area contributed by atoms with E-state index >= 15 is 0 Å². The number of aliphatic hydroxyl groups excluding tert-OH is 2. The number of thiol groups is 1. The zero-order valence-corrected chi connectivity index (χ0v) is 9.73. The molecule has 0 atom stereocenters. The molecule has 0 aliphatic heterocycles. The number of carbonyl (C=O) groups is 1. The molecule has 1 aromatic rings. The molecule has 1 aromatic carbocycles. The van der Waals surface area contributed by atoms with Crippen LogP contribution in [0, 0.1) is 0 Å². The second-order valence-corrected chi connectivity index (χ2v) is 3.81. The summed E-state index contributed by atoms with van der Waals surface area (Å²) in [5, 5.41) is 17.6. The molecule has 0 aliphatic rings. The molecule has 2 N–H and O–H groups in total. The normalized spacial score (nSPS) is 10.2. The zero-order chi connectivity index (χ0) is 12.0. The summed E-state index contributed by atoms with van der Waals surface area (Å²) in [6.45, 7) is 0.199. The number of aliphatic hydroxyl groups is 2. The van der Waals surface area contributed by atoms with Gasteiger partial charge in [0.25, 0.3) is 5.91 Å². The highest BCUT2D eigenvalue weighted by Crippen LogP contribution is 2.11. The maximum absolute atomic E-state index is 11.9. The van der Waals surface area contributed by atoms with Gasteiger partial charge in [0.15, 0.2) is 0 Å². The zero-order valence-electron chi connectivity index (χ0n) is 8.83. The highest BCUT2D eigenvalue weighted by atomic mass is 32.1. The van der Waals surface area contributed by atoms with Gasteiger partial charge in [0.1, 0.15) is 0 Å². The fourth-order valence-electron chi connectivity index (χ4n) is 1.38. The maximum atomic E-state index is 11.9. The number of amides is 1. The predicted octanol–water partition coefficient (Wildman–Crippen LogP) is 0.402. The summed E-state index contributed by atoms with van der Waals surface area (Å²) in [6.07, 6.45) is 0. The smallest absolute Gasteiger partial charge is 0.254 e. The van der Waals surface area contributed by atoms with Crippen LogP contribution in [-0.2, 0) is 0 Å². The van der Waals surface area contributed by atoms with Crippen molar-refractivity contribution in [3.63, 3.8) is 0 Å². The molecule has 0 heterocycles. The Hall–Kier alpha value is -1.04. The van der Waals surface area contributed by atoms with Gasteiger partial charge in [0, 0.05) is 23.5 Å². The topological polar surface area (TPSA) is 60.8 Å². The first-order chi connectivity index (χ1) is 7.69. The van der Waals surface area contributed by atoms with E-state index in [2.05, 4.69) is 12.6 Å². The lowest BCUT2D eigenvalue weighted by Crippen LogP contribution is -2.35. The molecule has 0 radical (unpaired) electrons. The molecule has 1 rings (SSSR count). The van der Waals surface area contributed by atoms with Gasteiger partial charge in [-0.1, -0.05) is 6.07 Å². The Bertz CT molecular complexity index is 351. The average molecular weight is 241 g/mol. The quantitative estimate of drug-likeness (QED) is 0.654. The fraction of sp³-hybridized carbons (Fsp3) is 0.364. The molecule has 0 spiro atoms. The predicted molar refractivity (Wildman–Crippen MR) is 63.8 cm³/mol. The Balaban J connectivity index is 2.81. The molecule has 0 fully saturated rings. The second kappa shape index (κ2) is 6.52. The lowest BCUT2D eigenvalue weighted by Gasteiger charge is -2.20. The average Bonchev–Trinajstić information content (AvgIpc) is 2.28. The Morgan fingerprint density at radius 2 is 1.88 bits per heavy atom. The van der Waals surface area contributed by atoms with E-state index in [-0.39, 0.29) is 32.2 Å². The van der Waals surface area contributed by atoms with E-state index < -0.39 is 0 Å². The summed E-state index contributed by atoms with van der Waals surface area (Å²) in [4.78, 5) is 14.1. The van der Waals surface area contributed by atoms with Gasteiger partial charge in [-0.25, -0.2) is 0 Å². The monoisotopic (exact) mass is 241 g/mol. The fourth-order valence-corrected chi connectivity index (χ4v) is 1.60. The second-order valence-electron chi connectivity index (χ2n) is 3.29. The van der Waals surface area contributed by atoms with Gasteiger partial charge in [0.2, 0.25) is 0 Å². The van der Waals surface area contributed by atoms with E-state index in [9.17, 15) is 4.79 Å². The molecule has 16 heavy (non-hydrogen) atoms. The van der Waals surface area contributed by atoms with Crippen molar-refractivity contribution >= 4 is 18.5 Å². The SMILES string of the molecule is O=C(c1cccc(S)c1)N(CCO)CCO. The number of carbonyl (C=O) groups excluding carboxylic acids is 1. The van der Waals surface area contributed by atoms with E-state index in [1.165, 1.54) is 4.90 Å². The summed E-state index contributed by atoms with van der Waals surface area (Å²) in [5.41, 5.74) is 0.509. The van der Waals surface area contributed by atoms with Crippen LogP contribution in [0.3, 0.4) is 0 Å². The van der Waals surface area contributed by atoms with Crippen molar-refractivity contribution in [2.24, 2.45) is 0 Å². The molecule has 0 aliphatic carbocycles. The molecule has 0 bridgehead atoms. The maximum Gasteiger partial charge on any atom is 0.254 e. The largest absolute Gasteiger partial charge is 0.395 e. The van der Waals surface area contributed by atoms with Gasteiger partial charge >= 0.3 is 0 Å². The minimum Gasteiger partial charge on any atom is -0.395 e. The molecule has 0 saturated heterocycles. The van der Waals surface area contributed by atoms with Crippen molar-refractivity contribution in [2.45, 2.75) is 4.90 Å². The molecule has 0 saturated carbocycles. The van der Waals surface area contributed by atoms with Crippen molar-refractivity contribution in [2.75, 3.05) is 26.3 Å². The van der Waals surface area contributed by atoms with Gasteiger partial charge in [0.05, 0.1) is 13.2 Å². The minimum atomic E-state index is -0.209. The van der Waals surface area contributed by atoms with E-state index in [4.69, 9.17) is 10.2 Å². The standard InChI is InChI=1S/C11H15NO3S/c13-6-4-12(5-7-14)11(15)9-2-1-3-10(16)8-9/h1-3,8,13-14,16H,4-7H2. The molecular formula is C11H15NO3S. The van der Waals surface area contributed by atoms with Crippen molar-refractivity contribution < 1.29 is 15.0 Å². The summed E-state index contributed by atoms with van der Waals surface area (Å²) < 4.78 is 0. The first kappa shape index (κ1) is 13.0. The van der Waals surface area contributed by atoms with E-state index in [0.717, 1.165) is 0 Å². The molecule has 0 aromatic heterocycles. The van der Waals surface area contributed by atoms with Crippen molar-refractivity contribution in [1.82, 2.24) is 4.90 Å². The molecular weight excluding hydrogens is 226 g/mol. The molecule has 5 heteroatoms. The van der Waals surface area contributed by atoms with Gasteiger partial charge in [-0.3, -0.25) is 4.79 Å². The molecule has 4 nitrogen and oxygen atoms in total. The Morgan fingerprint density at radius 3 is 2.38 bits per heavy atom. The van der Waals surface area contributed by atoms with Crippen LogP contribution < -0.4 is 0 Å². The Labute approximate surface area is 99.9 Å². The molecule has 1 amide bonds. The van der Waals surface area contributed by atoms with Crippen molar-refractivity contribution in [3.8, 4) is 0 Å². The number of nitrogens with zero attached hydrogens (tertiary/aromatic N) is 1. The number of benzene rings is 1. The van der Waals surface area contributed by atoms with Crippen LogP contribution in [0.4, 0.5) is 0 Å². The van der Waals surface area contributed by atoms with Crippen LogP contribution in [-0.4, -0.2) is 47.3 Å². The summed E-state index contributed by atoms with van der Waals surface area (Å²) in [7, 11) is 0. The Kier molecular flexibility index (Phi) is 5.31. The highest BCUT2D eigenvalue weighted by Gasteiger charge is 2.14. The minimum absolute atomic E-state index is 0.119. The van der Waals surface area contributed by atoms with Crippen LogP contribution in [0.15, 0.2) is 29.2 Å². The van der Waals surface area contributed by atoms with E-state index in [1.807, 2.05) is 0 Å².